The molecule has 1 saturated heterocycles. The fourth-order valence-electron chi connectivity index (χ4n) is 1.56. The SMILES string of the molecule is CC.C[C@H]1CN(c2ccccc2)C(=O)CO1. The van der Waals surface area contributed by atoms with E-state index in [2.05, 4.69) is 0 Å². The number of hydrogen-bond acceptors (Lipinski definition) is 2. The standard InChI is InChI=1S/C11H13NO2.C2H6/c1-9-7-12(11(13)8-14-9)10-5-3-2-4-6-10;1-2/h2-6,9H,7-8H2,1H3;1-2H3/t9-;/m0./s1. The number of amides is 1. The van der Waals surface area contributed by atoms with Gasteiger partial charge in [0.1, 0.15) is 6.61 Å². The lowest BCUT2D eigenvalue weighted by molar-refractivity contribution is -0.128. The van der Waals surface area contributed by atoms with Crippen molar-refractivity contribution >= 4 is 11.6 Å². The van der Waals surface area contributed by atoms with Crippen LogP contribution in [0.2, 0.25) is 0 Å². The van der Waals surface area contributed by atoms with Crippen LogP contribution in [0.5, 0.6) is 0 Å². The Bertz CT molecular complexity index is 324. The van der Waals surface area contributed by atoms with Crippen molar-refractivity contribution in [2.24, 2.45) is 0 Å². The van der Waals surface area contributed by atoms with Crippen molar-refractivity contribution < 1.29 is 9.53 Å². The highest BCUT2D eigenvalue weighted by Gasteiger charge is 2.24. The maximum absolute atomic E-state index is 11.5. The minimum Gasteiger partial charge on any atom is -0.367 e. The van der Waals surface area contributed by atoms with Crippen LogP contribution in [-0.2, 0) is 9.53 Å². The second kappa shape index (κ2) is 6.28. The van der Waals surface area contributed by atoms with Crippen molar-refractivity contribution in [1.82, 2.24) is 0 Å². The first-order valence-corrected chi connectivity index (χ1v) is 5.74. The summed E-state index contributed by atoms with van der Waals surface area (Å²) in [6.07, 6.45) is 0.118. The second-order valence-electron chi connectivity index (χ2n) is 3.46. The number of carbonyl (C=O) groups excluding carboxylic acids is 1. The molecule has 16 heavy (non-hydrogen) atoms. The zero-order valence-electron chi connectivity index (χ0n) is 10.1. The lowest BCUT2D eigenvalue weighted by atomic mass is 10.2. The average molecular weight is 221 g/mol. The van der Waals surface area contributed by atoms with Crippen LogP contribution in [0.1, 0.15) is 20.8 Å². The fourth-order valence-corrected chi connectivity index (χ4v) is 1.56. The van der Waals surface area contributed by atoms with Gasteiger partial charge in [-0.2, -0.15) is 0 Å². The number of benzene rings is 1. The molecule has 1 aromatic carbocycles. The normalized spacial score (nSPS) is 20.1. The molecular weight excluding hydrogens is 202 g/mol. The summed E-state index contributed by atoms with van der Waals surface area (Å²) in [5.41, 5.74) is 0.952. The number of rotatable bonds is 1. The smallest absolute Gasteiger partial charge is 0.253 e. The van der Waals surface area contributed by atoms with Crippen LogP contribution in [0.15, 0.2) is 30.3 Å². The van der Waals surface area contributed by atoms with Crippen molar-refractivity contribution in [2.75, 3.05) is 18.1 Å². The van der Waals surface area contributed by atoms with Gasteiger partial charge in [0.2, 0.25) is 0 Å². The fraction of sp³-hybridized carbons (Fsp3) is 0.462. The number of carbonyl (C=O) groups is 1. The van der Waals surface area contributed by atoms with Crippen LogP contribution in [0, 0.1) is 0 Å². The van der Waals surface area contributed by atoms with Crippen LogP contribution in [0.25, 0.3) is 0 Å². The zero-order chi connectivity index (χ0) is 12.0. The number of nitrogens with zero attached hydrogens (tertiary/aromatic N) is 1. The first kappa shape index (κ1) is 12.7. The van der Waals surface area contributed by atoms with E-state index in [4.69, 9.17) is 4.74 Å². The summed E-state index contributed by atoms with van der Waals surface area (Å²) in [5, 5.41) is 0. The Morgan fingerprint density at radius 2 is 1.88 bits per heavy atom. The summed E-state index contributed by atoms with van der Waals surface area (Å²) < 4.78 is 5.25. The maximum atomic E-state index is 11.5. The molecule has 0 radical (unpaired) electrons. The number of hydrogen-bond donors (Lipinski definition) is 0. The van der Waals surface area contributed by atoms with E-state index < -0.39 is 0 Å². The molecule has 0 aromatic heterocycles. The monoisotopic (exact) mass is 221 g/mol. The van der Waals surface area contributed by atoms with E-state index >= 15 is 0 Å². The van der Waals surface area contributed by atoms with Gasteiger partial charge in [-0.05, 0) is 19.1 Å². The lowest BCUT2D eigenvalue weighted by Crippen LogP contribution is -2.45. The predicted molar refractivity (Wildman–Crippen MR) is 65.6 cm³/mol. The van der Waals surface area contributed by atoms with Gasteiger partial charge in [0.25, 0.3) is 5.91 Å². The second-order valence-corrected chi connectivity index (χ2v) is 3.46. The lowest BCUT2D eigenvalue weighted by Gasteiger charge is -2.30. The van der Waals surface area contributed by atoms with Crippen LogP contribution in [-0.4, -0.2) is 25.2 Å². The van der Waals surface area contributed by atoms with Gasteiger partial charge < -0.3 is 9.64 Å². The van der Waals surface area contributed by atoms with E-state index in [1.54, 1.807) is 4.90 Å². The van der Waals surface area contributed by atoms with Crippen LogP contribution < -0.4 is 4.90 Å². The van der Waals surface area contributed by atoms with Crippen molar-refractivity contribution in [3.8, 4) is 0 Å². The number of para-hydroxylation sites is 1. The van der Waals surface area contributed by atoms with Crippen molar-refractivity contribution in [1.29, 1.82) is 0 Å². The summed E-state index contributed by atoms with van der Waals surface area (Å²) in [4.78, 5) is 13.3. The summed E-state index contributed by atoms with van der Waals surface area (Å²) >= 11 is 0. The van der Waals surface area contributed by atoms with Gasteiger partial charge in [-0.25, -0.2) is 0 Å². The van der Waals surface area contributed by atoms with Crippen molar-refractivity contribution in [3.05, 3.63) is 30.3 Å². The van der Waals surface area contributed by atoms with Gasteiger partial charge in [0, 0.05) is 5.69 Å². The number of morpholine rings is 1. The molecule has 0 unspecified atom stereocenters. The Hall–Kier alpha value is -1.35. The molecule has 3 heteroatoms. The molecule has 2 rings (SSSR count). The molecule has 0 N–H and O–H groups in total. The summed E-state index contributed by atoms with van der Waals surface area (Å²) in [5.74, 6) is 0.0364. The molecule has 3 nitrogen and oxygen atoms in total. The Morgan fingerprint density at radius 3 is 2.50 bits per heavy atom. The highest BCUT2D eigenvalue weighted by atomic mass is 16.5. The van der Waals surface area contributed by atoms with Crippen molar-refractivity contribution in [3.63, 3.8) is 0 Å². The summed E-state index contributed by atoms with van der Waals surface area (Å²) in [7, 11) is 0. The van der Waals surface area contributed by atoms with Gasteiger partial charge in [0.05, 0.1) is 12.6 Å². The summed E-state index contributed by atoms with van der Waals surface area (Å²) in [6, 6.07) is 9.69. The first-order valence-electron chi connectivity index (χ1n) is 5.74. The minimum atomic E-state index is 0.0364. The van der Waals surface area contributed by atoms with E-state index in [1.807, 2.05) is 51.1 Å². The molecule has 1 aliphatic rings. The van der Waals surface area contributed by atoms with E-state index in [0.717, 1.165) is 5.69 Å². The van der Waals surface area contributed by atoms with Crippen LogP contribution in [0.4, 0.5) is 5.69 Å². The Morgan fingerprint density at radius 1 is 1.25 bits per heavy atom. The third kappa shape index (κ3) is 3.07. The van der Waals surface area contributed by atoms with Gasteiger partial charge in [-0.3, -0.25) is 4.79 Å². The first-order chi connectivity index (χ1) is 7.77. The molecule has 1 fully saturated rings. The quantitative estimate of drug-likeness (QED) is 0.729. The van der Waals surface area contributed by atoms with E-state index in [9.17, 15) is 4.79 Å². The molecule has 0 spiro atoms. The van der Waals surface area contributed by atoms with E-state index in [0.29, 0.717) is 6.54 Å². The Labute approximate surface area is 97.0 Å². The maximum Gasteiger partial charge on any atom is 0.253 e. The molecule has 1 heterocycles. The molecular formula is C13H19NO2. The number of anilines is 1. The third-order valence-corrected chi connectivity index (χ3v) is 2.30. The third-order valence-electron chi connectivity index (χ3n) is 2.30. The summed E-state index contributed by atoms with van der Waals surface area (Å²) in [6.45, 7) is 6.81. The van der Waals surface area contributed by atoms with E-state index in [-0.39, 0.29) is 18.6 Å². The van der Waals surface area contributed by atoms with Gasteiger partial charge in [0.15, 0.2) is 0 Å². The largest absolute Gasteiger partial charge is 0.367 e. The number of ether oxygens (including phenoxy) is 1. The van der Waals surface area contributed by atoms with Crippen LogP contribution in [0.3, 0.4) is 0 Å². The van der Waals surface area contributed by atoms with E-state index in [1.165, 1.54) is 0 Å². The Balaban J connectivity index is 0.000000606. The molecule has 1 atom stereocenters. The zero-order valence-corrected chi connectivity index (χ0v) is 10.1. The molecule has 0 bridgehead atoms. The highest BCUT2D eigenvalue weighted by molar-refractivity contribution is 5.94. The van der Waals surface area contributed by atoms with Gasteiger partial charge in [-0.1, -0.05) is 32.0 Å². The minimum absolute atomic E-state index is 0.0364. The molecule has 1 aliphatic heterocycles. The Kier molecular flexibility index (Phi) is 4.99. The molecule has 0 saturated carbocycles. The molecule has 0 aliphatic carbocycles. The molecule has 1 amide bonds. The van der Waals surface area contributed by atoms with Crippen molar-refractivity contribution in [2.45, 2.75) is 26.9 Å². The van der Waals surface area contributed by atoms with Gasteiger partial charge >= 0.3 is 0 Å². The topological polar surface area (TPSA) is 29.5 Å². The predicted octanol–water partition coefficient (Wildman–Crippen LogP) is 2.46. The molecule has 1 aromatic rings. The highest BCUT2D eigenvalue weighted by Crippen LogP contribution is 2.17. The molecule has 88 valence electrons. The van der Waals surface area contributed by atoms with Crippen LogP contribution >= 0.6 is 0 Å². The van der Waals surface area contributed by atoms with Gasteiger partial charge in [-0.15, -0.1) is 0 Å². The average Bonchev–Trinajstić information content (AvgIpc) is 2.36.